The molecule has 1 heterocycles. The summed E-state index contributed by atoms with van der Waals surface area (Å²) in [6.45, 7) is 0. The van der Waals surface area contributed by atoms with Gasteiger partial charge in [0.1, 0.15) is 5.00 Å². The van der Waals surface area contributed by atoms with Crippen molar-refractivity contribution in [3.8, 4) is 0 Å². The minimum absolute atomic E-state index is 0.0468. The number of amides is 2. The second-order valence-corrected chi connectivity index (χ2v) is 9.09. The molecule has 3 N–H and O–H groups in total. The van der Waals surface area contributed by atoms with Crippen molar-refractivity contribution in [2.75, 3.05) is 11.6 Å². The third kappa shape index (κ3) is 3.45. The number of hydrogen-bond donors (Lipinski definition) is 2. The van der Waals surface area contributed by atoms with Crippen molar-refractivity contribution in [1.29, 1.82) is 0 Å². The van der Waals surface area contributed by atoms with Crippen molar-refractivity contribution in [2.24, 2.45) is 5.73 Å². The molecule has 6 nitrogen and oxygen atoms in total. The number of carbonyl (C=O) groups excluding carboxylic acids is 2. The third-order valence-electron chi connectivity index (χ3n) is 4.18. The number of rotatable bonds is 4. The van der Waals surface area contributed by atoms with Crippen molar-refractivity contribution in [2.45, 2.75) is 30.6 Å². The predicted octanol–water partition coefficient (Wildman–Crippen LogP) is 2.38. The number of carbonyl (C=O) groups is 2. The van der Waals surface area contributed by atoms with Crippen LogP contribution >= 0.6 is 11.3 Å². The normalized spacial score (nSPS) is 14.0. The van der Waals surface area contributed by atoms with Gasteiger partial charge in [-0.05, 0) is 43.4 Å². The second-order valence-electron chi connectivity index (χ2n) is 6.00. The van der Waals surface area contributed by atoms with Gasteiger partial charge < -0.3 is 11.1 Å². The molecule has 8 heteroatoms. The highest BCUT2D eigenvalue weighted by atomic mass is 32.2. The molecule has 0 spiro atoms. The van der Waals surface area contributed by atoms with Crippen LogP contribution in [0.2, 0.25) is 0 Å². The van der Waals surface area contributed by atoms with E-state index in [1.54, 1.807) is 12.1 Å². The lowest BCUT2D eigenvalue weighted by Crippen LogP contribution is -2.19. The zero-order chi connectivity index (χ0) is 18.2. The number of nitrogens with two attached hydrogens (primary N) is 1. The van der Waals surface area contributed by atoms with Crippen molar-refractivity contribution < 1.29 is 18.0 Å². The lowest BCUT2D eigenvalue weighted by molar-refractivity contribution is 0.100. The fraction of sp³-hybridized carbons (Fsp3) is 0.294. The molecule has 0 saturated carbocycles. The van der Waals surface area contributed by atoms with Gasteiger partial charge in [0.05, 0.1) is 16.0 Å². The maximum atomic E-state index is 12.6. The second kappa shape index (κ2) is 6.61. The molecular formula is C17H18N2O4S2. The first-order valence-corrected chi connectivity index (χ1v) is 10.5. The van der Waals surface area contributed by atoms with Gasteiger partial charge in [0.15, 0.2) is 9.84 Å². The Morgan fingerprint density at radius 2 is 1.84 bits per heavy atom. The fourth-order valence-corrected chi connectivity index (χ4v) is 5.24. The summed E-state index contributed by atoms with van der Waals surface area (Å²) < 4.78 is 23.8. The fourth-order valence-electron chi connectivity index (χ4n) is 3.06. The van der Waals surface area contributed by atoms with Crippen molar-refractivity contribution in [3.05, 3.63) is 45.8 Å². The van der Waals surface area contributed by atoms with E-state index in [0.29, 0.717) is 10.6 Å². The number of aryl methyl sites for hydroxylation is 1. The maximum absolute atomic E-state index is 12.6. The Bertz CT molecular complexity index is 961. The molecule has 0 fully saturated rings. The molecule has 3 rings (SSSR count). The number of sulfone groups is 1. The van der Waals surface area contributed by atoms with Crippen LogP contribution in [0.15, 0.2) is 29.2 Å². The Hall–Kier alpha value is -2.19. The molecule has 0 saturated heterocycles. The molecule has 0 aliphatic heterocycles. The number of thiophene rings is 1. The summed E-state index contributed by atoms with van der Waals surface area (Å²) in [7, 11) is -3.55. The molecule has 1 aromatic heterocycles. The minimum Gasteiger partial charge on any atom is -0.365 e. The molecule has 0 atom stereocenters. The summed E-state index contributed by atoms with van der Waals surface area (Å²) in [5.74, 6) is -1.15. The number of benzene rings is 1. The Labute approximate surface area is 150 Å². The van der Waals surface area contributed by atoms with E-state index in [0.717, 1.165) is 42.4 Å². The van der Waals surface area contributed by atoms with Crippen LogP contribution in [0, 0.1) is 0 Å². The van der Waals surface area contributed by atoms with E-state index in [-0.39, 0.29) is 10.5 Å². The average Bonchev–Trinajstić information content (AvgIpc) is 2.92. The lowest BCUT2D eigenvalue weighted by Gasteiger charge is -2.11. The lowest BCUT2D eigenvalue weighted by atomic mass is 9.95. The van der Waals surface area contributed by atoms with Gasteiger partial charge in [0, 0.05) is 11.1 Å². The van der Waals surface area contributed by atoms with Crippen molar-refractivity contribution >= 4 is 38.0 Å². The Morgan fingerprint density at radius 1 is 1.16 bits per heavy atom. The number of hydrogen-bond acceptors (Lipinski definition) is 5. The Balaban J connectivity index is 2.01. The molecule has 25 heavy (non-hydrogen) atoms. The van der Waals surface area contributed by atoms with Gasteiger partial charge in [-0.25, -0.2) is 8.42 Å². The molecule has 2 amide bonds. The van der Waals surface area contributed by atoms with E-state index in [1.807, 2.05) is 0 Å². The van der Waals surface area contributed by atoms with Crippen molar-refractivity contribution in [1.82, 2.24) is 0 Å². The smallest absolute Gasteiger partial charge is 0.257 e. The molecule has 1 aliphatic carbocycles. The summed E-state index contributed by atoms with van der Waals surface area (Å²) in [5, 5.41) is 3.09. The van der Waals surface area contributed by atoms with E-state index in [4.69, 9.17) is 5.73 Å². The van der Waals surface area contributed by atoms with Gasteiger partial charge in [0.2, 0.25) is 0 Å². The summed E-state index contributed by atoms with van der Waals surface area (Å²) in [4.78, 5) is 25.5. The summed E-state index contributed by atoms with van der Waals surface area (Å²) >= 11 is 1.34. The van der Waals surface area contributed by atoms with Gasteiger partial charge in [-0.3, -0.25) is 9.59 Å². The first-order chi connectivity index (χ1) is 11.8. The van der Waals surface area contributed by atoms with Crippen molar-refractivity contribution in [3.63, 3.8) is 0 Å². The largest absolute Gasteiger partial charge is 0.365 e. The van der Waals surface area contributed by atoms with Gasteiger partial charge in [-0.15, -0.1) is 11.3 Å². The van der Waals surface area contributed by atoms with Crippen LogP contribution in [-0.4, -0.2) is 26.5 Å². The standard InChI is InChI=1S/C17H18N2O4S2/c1-25(22,23)13-9-5-3-7-11(13)16(21)19-17-14(15(18)20)10-6-2-4-8-12(10)24-17/h3,5,7,9H,2,4,6,8H2,1H3,(H2,18,20)(H,19,21). The predicted molar refractivity (Wildman–Crippen MR) is 97.0 cm³/mol. The van der Waals surface area contributed by atoms with Gasteiger partial charge in [-0.1, -0.05) is 12.1 Å². The monoisotopic (exact) mass is 378 g/mol. The van der Waals surface area contributed by atoms with Crippen LogP contribution in [0.4, 0.5) is 5.00 Å². The highest BCUT2D eigenvalue weighted by Crippen LogP contribution is 2.38. The quantitative estimate of drug-likeness (QED) is 0.852. The number of primary amides is 1. The summed E-state index contributed by atoms with van der Waals surface area (Å²) in [6, 6.07) is 5.99. The molecule has 0 bridgehead atoms. The molecule has 1 aliphatic rings. The van der Waals surface area contributed by atoms with E-state index in [2.05, 4.69) is 5.32 Å². The maximum Gasteiger partial charge on any atom is 0.257 e. The summed E-state index contributed by atoms with van der Waals surface area (Å²) in [5.41, 5.74) is 6.83. The first-order valence-electron chi connectivity index (χ1n) is 7.84. The van der Waals surface area contributed by atoms with E-state index >= 15 is 0 Å². The van der Waals surface area contributed by atoms with Crippen LogP contribution in [0.3, 0.4) is 0 Å². The van der Waals surface area contributed by atoms with Crippen LogP contribution in [-0.2, 0) is 22.7 Å². The van der Waals surface area contributed by atoms with E-state index < -0.39 is 21.7 Å². The number of nitrogens with one attached hydrogen (secondary N) is 1. The summed E-state index contributed by atoms with van der Waals surface area (Å²) in [6.07, 6.45) is 4.69. The van der Waals surface area contributed by atoms with Gasteiger partial charge in [0.25, 0.3) is 11.8 Å². The Kier molecular flexibility index (Phi) is 4.66. The molecule has 0 radical (unpaired) electrons. The van der Waals surface area contributed by atoms with Crippen LogP contribution in [0.25, 0.3) is 0 Å². The molecule has 132 valence electrons. The zero-order valence-electron chi connectivity index (χ0n) is 13.7. The molecule has 1 aromatic carbocycles. The SMILES string of the molecule is CS(=O)(=O)c1ccccc1C(=O)Nc1sc2c(c1C(N)=O)CCCC2. The van der Waals surface area contributed by atoms with Gasteiger partial charge in [-0.2, -0.15) is 0 Å². The number of fused-ring (bicyclic) bond motifs is 1. The first kappa shape index (κ1) is 17.6. The van der Waals surface area contributed by atoms with E-state index in [1.165, 1.54) is 23.5 Å². The third-order valence-corrected chi connectivity index (χ3v) is 6.54. The zero-order valence-corrected chi connectivity index (χ0v) is 15.3. The highest BCUT2D eigenvalue weighted by Gasteiger charge is 2.26. The minimum atomic E-state index is -3.55. The molecule has 2 aromatic rings. The highest BCUT2D eigenvalue weighted by molar-refractivity contribution is 7.90. The van der Waals surface area contributed by atoms with Gasteiger partial charge >= 0.3 is 0 Å². The van der Waals surface area contributed by atoms with E-state index in [9.17, 15) is 18.0 Å². The Morgan fingerprint density at radius 3 is 2.52 bits per heavy atom. The van der Waals surface area contributed by atoms with Crippen LogP contribution in [0.5, 0.6) is 0 Å². The average molecular weight is 378 g/mol. The molecular weight excluding hydrogens is 360 g/mol. The van der Waals surface area contributed by atoms with Crippen LogP contribution < -0.4 is 11.1 Å². The molecule has 0 unspecified atom stereocenters. The van der Waals surface area contributed by atoms with Crippen LogP contribution in [0.1, 0.15) is 44.0 Å². The topological polar surface area (TPSA) is 106 Å². The number of anilines is 1.